The van der Waals surface area contributed by atoms with Crippen LogP contribution in [0.3, 0.4) is 0 Å². The van der Waals surface area contributed by atoms with Gasteiger partial charge >= 0.3 is 0 Å². The molecule has 0 amide bonds. The lowest BCUT2D eigenvalue weighted by Gasteiger charge is -2.28. The van der Waals surface area contributed by atoms with E-state index in [2.05, 4.69) is 59.7 Å². The predicted octanol–water partition coefficient (Wildman–Crippen LogP) is 4.70. The van der Waals surface area contributed by atoms with Crippen LogP contribution in [0.1, 0.15) is 77.5 Å². The molecule has 1 aromatic carbocycles. The summed E-state index contributed by atoms with van der Waals surface area (Å²) in [5, 5.41) is 9.36. The molecule has 0 atom stereocenters. The summed E-state index contributed by atoms with van der Waals surface area (Å²) in [5.74, 6) is 0. The molecule has 1 nitrogen and oxygen atoms in total. The first kappa shape index (κ1) is 15.6. The molecule has 1 N–H and O–H groups in total. The van der Waals surface area contributed by atoms with E-state index in [1.807, 2.05) is 0 Å². The maximum atomic E-state index is 9.36. The molecule has 1 heteroatoms. The summed E-state index contributed by atoms with van der Waals surface area (Å²) in [5.41, 5.74) is 4.89. The van der Waals surface area contributed by atoms with E-state index in [4.69, 9.17) is 0 Å². The van der Waals surface area contributed by atoms with Crippen molar-refractivity contribution in [3.05, 3.63) is 34.9 Å². The minimum absolute atomic E-state index is 0.172. The lowest BCUT2D eigenvalue weighted by Crippen LogP contribution is -2.19. The van der Waals surface area contributed by atoms with E-state index in [-0.39, 0.29) is 16.2 Å². The quantitative estimate of drug-likeness (QED) is 0.847. The minimum Gasteiger partial charge on any atom is -0.396 e. The summed E-state index contributed by atoms with van der Waals surface area (Å²) in [6, 6.07) is 7.15. The van der Waals surface area contributed by atoms with Crippen molar-refractivity contribution in [1.29, 1.82) is 0 Å². The van der Waals surface area contributed by atoms with Crippen molar-refractivity contribution in [2.75, 3.05) is 6.61 Å². The maximum absolute atomic E-state index is 9.36. The van der Waals surface area contributed by atoms with Gasteiger partial charge in [-0.2, -0.15) is 0 Å². The summed E-state index contributed by atoms with van der Waals surface area (Å²) in [6.45, 7) is 14.0. The third-order valence-electron chi connectivity index (χ3n) is 4.72. The van der Waals surface area contributed by atoms with E-state index < -0.39 is 0 Å². The van der Waals surface area contributed by atoms with Gasteiger partial charge in [-0.3, -0.25) is 0 Å². The average molecular weight is 274 g/mol. The molecular weight excluding hydrogens is 244 g/mol. The fourth-order valence-corrected chi connectivity index (χ4v) is 2.85. The Kier molecular flexibility index (Phi) is 3.79. The van der Waals surface area contributed by atoms with Gasteiger partial charge in [0, 0.05) is 6.61 Å². The van der Waals surface area contributed by atoms with E-state index in [1.54, 1.807) is 0 Å². The second-order valence-electron chi connectivity index (χ2n) is 8.55. The third-order valence-corrected chi connectivity index (χ3v) is 4.72. The van der Waals surface area contributed by atoms with Crippen LogP contribution in [0.25, 0.3) is 0 Å². The van der Waals surface area contributed by atoms with Gasteiger partial charge in [0.05, 0.1) is 0 Å². The zero-order valence-corrected chi connectivity index (χ0v) is 14.0. The van der Waals surface area contributed by atoms with E-state index in [0.717, 1.165) is 6.42 Å². The lowest BCUT2D eigenvalue weighted by atomic mass is 9.77. The van der Waals surface area contributed by atoms with Gasteiger partial charge in [-0.05, 0) is 52.2 Å². The summed E-state index contributed by atoms with van der Waals surface area (Å²) in [6.07, 6.45) is 3.36. The molecule has 0 aliphatic heterocycles. The highest BCUT2D eigenvalue weighted by molar-refractivity contribution is 5.43. The standard InChI is InChI=1S/C19H30O/c1-17(2,3)14-11-15(18(4,5)6)13-16(12-14)19(7-8-19)9-10-20/h11-13,20H,7-10H2,1-6H3. The van der Waals surface area contributed by atoms with Gasteiger partial charge in [0.25, 0.3) is 0 Å². The molecule has 0 aromatic heterocycles. The Morgan fingerprint density at radius 3 is 1.65 bits per heavy atom. The van der Waals surface area contributed by atoms with Crippen molar-refractivity contribution in [3.8, 4) is 0 Å². The van der Waals surface area contributed by atoms with Crippen LogP contribution in [-0.2, 0) is 16.2 Å². The van der Waals surface area contributed by atoms with Crippen molar-refractivity contribution in [2.24, 2.45) is 0 Å². The molecule has 1 aliphatic carbocycles. The second-order valence-corrected chi connectivity index (χ2v) is 8.55. The van der Waals surface area contributed by atoms with Crippen molar-refractivity contribution in [1.82, 2.24) is 0 Å². The van der Waals surface area contributed by atoms with Gasteiger partial charge in [-0.1, -0.05) is 59.7 Å². The Morgan fingerprint density at radius 2 is 1.35 bits per heavy atom. The predicted molar refractivity (Wildman–Crippen MR) is 86.5 cm³/mol. The fraction of sp³-hybridized carbons (Fsp3) is 0.684. The summed E-state index contributed by atoms with van der Waals surface area (Å²) < 4.78 is 0. The number of aliphatic hydroxyl groups is 1. The molecule has 0 heterocycles. The topological polar surface area (TPSA) is 20.2 Å². The SMILES string of the molecule is CC(C)(C)c1cc(C(C)(C)C)cc(C2(CCO)CC2)c1. The number of hydrogen-bond donors (Lipinski definition) is 1. The summed E-state index contributed by atoms with van der Waals surface area (Å²) in [4.78, 5) is 0. The maximum Gasteiger partial charge on any atom is 0.0439 e. The van der Waals surface area contributed by atoms with Crippen molar-refractivity contribution < 1.29 is 5.11 Å². The number of benzene rings is 1. The van der Waals surface area contributed by atoms with Crippen molar-refractivity contribution in [2.45, 2.75) is 77.0 Å². The highest BCUT2D eigenvalue weighted by Gasteiger charge is 2.44. The first-order valence-corrected chi connectivity index (χ1v) is 7.86. The zero-order valence-electron chi connectivity index (χ0n) is 14.0. The summed E-state index contributed by atoms with van der Waals surface area (Å²) >= 11 is 0. The molecule has 0 saturated heterocycles. The number of rotatable bonds is 3. The van der Waals surface area contributed by atoms with Crippen LogP contribution in [0.5, 0.6) is 0 Å². The Bertz CT molecular complexity index is 449. The van der Waals surface area contributed by atoms with Crippen molar-refractivity contribution in [3.63, 3.8) is 0 Å². The molecule has 0 unspecified atom stereocenters. The normalized spacial score (nSPS) is 18.1. The van der Waals surface area contributed by atoms with Crippen LogP contribution in [0, 0.1) is 0 Å². The zero-order chi connectivity index (χ0) is 15.2. The van der Waals surface area contributed by atoms with Gasteiger partial charge in [0.1, 0.15) is 0 Å². The molecule has 20 heavy (non-hydrogen) atoms. The molecule has 2 rings (SSSR count). The van der Waals surface area contributed by atoms with Gasteiger partial charge in [-0.25, -0.2) is 0 Å². The van der Waals surface area contributed by atoms with E-state index in [9.17, 15) is 5.11 Å². The van der Waals surface area contributed by atoms with Crippen LogP contribution >= 0.6 is 0 Å². The molecular formula is C19H30O. The van der Waals surface area contributed by atoms with E-state index in [0.29, 0.717) is 6.61 Å². The molecule has 112 valence electrons. The molecule has 1 fully saturated rings. The van der Waals surface area contributed by atoms with Gasteiger partial charge in [0.15, 0.2) is 0 Å². The molecule has 0 spiro atoms. The highest BCUT2D eigenvalue weighted by Crippen LogP contribution is 2.52. The Labute approximate surface area is 124 Å². The monoisotopic (exact) mass is 274 g/mol. The van der Waals surface area contributed by atoms with Crippen LogP contribution in [0.4, 0.5) is 0 Å². The molecule has 1 aromatic rings. The second kappa shape index (κ2) is 4.87. The largest absolute Gasteiger partial charge is 0.396 e. The molecule has 1 aliphatic rings. The van der Waals surface area contributed by atoms with Gasteiger partial charge in [0.2, 0.25) is 0 Å². The van der Waals surface area contributed by atoms with Crippen LogP contribution in [0.2, 0.25) is 0 Å². The minimum atomic E-state index is 0.172. The fourth-order valence-electron chi connectivity index (χ4n) is 2.85. The van der Waals surface area contributed by atoms with Crippen LogP contribution < -0.4 is 0 Å². The smallest absolute Gasteiger partial charge is 0.0439 e. The van der Waals surface area contributed by atoms with Gasteiger partial charge in [-0.15, -0.1) is 0 Å². The average Bonchev–Trinajstić information content (AvgIpc) is 3.08. The lowest BCUT2D eigenvalue weighted by molar-refractivity contribution is 0.271. The van der Waals surface area contributed by atoms with E-state index in [1.165, 1.54) is 29.5 Å². The molecule has 1 saturated carbocycles. The molecule has 0 bridgehead atoms. The van der Waals surface area contributed by atoms with Crippen LogP contribution in [-0.4, -0.2) is 11.7 Å². The first-order chi connectivity index (χ1) is 9.08. The Morgan fingerprint density at radius 1 is 0.900 bits per heavy atom. The number of hydrogen-bond acceptors (Lipinski definition) is 1. The summed E-state index contributed by atoms with van der Waals surface area (Å²) in [7, 11) is 0. The molecule has 0 radical (unpaired) electrons. The van der Waals surface area contributed by atoms with Crippen molar-refractivity contribution >= 4 is 0 Å². The van der Waals surface area contributed by atoms with Crippen LogP contribution in [0.15, 0.2) is 18.2 Å². The Balaban J connectivity index is 2.53. The number of aliphatic hydroxyl groups excluding tert-OH is 1. The van der Waals surface area contributed by atoms with Gasteiger partial charge < -0.3 is 5.11 Å². The highest BCUT2D eigenvalue weighted by atomic mass is 16.3. The van der Waals surface area contributed by atoms with E-state index >= 15 is 0 Å². The first-order valence-electron chi connectivity index (χ1n) is 7.86. The Hall–Kier alpha value is -0.820. The third kappa shape index (κ3) is 3.09.